The Bertz CT molecular complexity index is 2170. The molecule has 6 rings (SSSR count). The number of ether oxygens (including phenoxy) is 2. The maximum absolute atomic E-state index is 14.3. The Labute approximate surface area is 318 Å². The maximum atomic E-state index is 14.3. The van der Waals surface area contributed by atoms with Gasteiger partial charge in [-0.1, -0.05) is 108 Å². The summed E-state index contributed by atoms with van der Waals surface area (Å²) >= 11 is 9.35. The van der Waals surface area contributed by atoms with Crippen LogP contribution < -0.4 is 19.6 Å². The van der Waals surface area contributed by atoms with Gasteiger partial charge in [-0.2, -0.15) is 0 Å². The van der Waals surface area contributed by atoms with Gasteiger partial charge in [0, 0.05) is 10.0 Å². The van der Waals surface area contributed by atoms with E-state index < -0.39 is 12.0 Å². The second kappa shape index (κ2) is 15.2. The van der Waals surface area contributed by atoms with E-state index in [1.807, 2.05) is 84.9 Å². The Morgan fingerprint density at radius 2 is 1.67 bits per heavy atom. The molecule has 5 aromatic rings. The molecular formula is C38H31BrI2N2O4S. The number of thiazole rings is 1. The normalized spacial score (nSPS) is 14.6. The van der Waals surface area contributed by atoms with Crippen molar-refractivity contribution in [2.75, 3.05) is 6.61 Å². The zero-order valence-corrected chi connectivity index (χ0v) is 33.1. The fourth-order valence-electron chi connectivity index (χ4n) is 5.51. The first-order valence-electron chi connectivity index (χ1n) is 15.4. The van der Waals surface area contributed by atoms with Gasteiger partial charge >= 0.3 is 5.97 Å². The highest BCUT2D eigenvalue weighted by molar-refractivity contribution is 14.1. The van der Waals surface area contributed by atoms with Crippen molar-refractivity contribution >= 4 is 90.2 Å². The maximum Gasteiger partial charge on any atom is 0.338 e. The van der Waals surface area contributed by atoms with Crippen LogP contribution in [-0.2, 0) is 16.1 Å². The summed E-state index contributed by atoms with van der Waals surface area (Å²) in [6, 6.07) is 29.1. The molecule has 0 aliphatic carbocycles. The van der Waals surface area contributed by atoms with E-state index in [1.54, 1.807) is 11.5 Å². The zero-order chi connectivity index (χ0) is 33.9. The second-order valence-electron chi connectivity index (χ2n) is 11.5. The summed E-state index contributed by atoms with van der Waals surface area (Å²) in [6.07, 6.45) is 1.89. The highest BCUT2D eigenvalue weighted by Gasteiger charge is 2.35. The third-order valence-corrected chi connectivity index (χ3v) is 11.0. The smallest absolute Gasteiger partial charge is 0.338 e. The van der Waals surface area contributed by atoms with Crippen molar-refractivity contribution in [1.82, 2.24) is 4.57 Å². The van der Waals surface area contributed by atoms with Crippen molar-refractivity contribution in [3.8, 4) is 5.75 Å². The fraction of sp³-hybridized carbons (Fsp3) is 0.184. The molecule has 0 fully saturated rings. The Morgan fingerprint density at radius 3 is 2.29 bits per heavy atom. The predicted molar refractivity (Wildman–Crippen MR) is 212 cm³/mol. The minimum atomic E-state index is -0.714. The molecule has 1 aromatic heterocycles. The monoisotopic (exact) mass is 944 g/mol. The summed E-state index contributed by atoms with van der Waals surface area (Å²) in [4.78, 5) is 33.6. The quantitative estimate of drug-likeness (QED) is 0.110. The molecule has 0 radical (unpaired) electrons. The number of halogens is 3. The van der Waals surface area contributed by atoms with Gasteiger partial charge in [0.15, 0.2) is 4.80 Å². The number of carbonyl (C=O) groups excluding carboxylic acids is 1. The summed E-state index contributed by atoms with van der Waals surface area (Å²) in [5, 5.41) is 0. The lowest BCUT2D eigenvalue weighted by Gasteiger charge is -2.26. The highest BCUT2D eigenvalue weighted by Crippen LogP contribution is 2.36. The molecule has 244 valence electrons. The van der Waals surface area contributed by atoms with Crippen LogP contribution in [0.5, 0.6) is 5.75 Å². The van der Waals surface area contributed by atoms with Crippen LogP contribution >= 0.6 is 72.4 Å². The number of aromatic nitrogens is 1. The molecule has 48 heavy (non-hydrogen) atoms. The lowest BCUT2D eigenvalue weighted by Crippen LogP contribution is -2.40. The van der Waals surface area contributed by atoms with Crippen LogP contribution in [0.2, 0.25) is 0 Å². The lowest BCUT2D eigenvalue weighted by atomic mass is 9.91. The number of esters is 1. The van der Waals surface area contributed by atoms with Crippen molar-refractivity contribution in [2.24, 2.45) is 4.99 Å². The van der Waals surface area contributed by atoms with Gasteiger partial charge in [0.25, 0.3) is 5.56 Å². The number of nitrogens with zero attached hydrogens (tertiary/aromatic N) is 2. The average Bonchev–Trinajstić information content (AvgIpc) is 3.38. The molecule has 0 saturated carbocycles. The number of rotatable bonds is 9. The summed E-state index contributed by atoms with van der Waals surface area (Å²) in [5.74, 6) is 0.647. The highest BCUT2D eigenvalue weighted by atomic mass is 127. The number of fused-ring (bicyclic) bond motifs is 1. The zero-order valence-electron chi connectivity index (χ0n) is 26.4. The summed E-state index contributed by atoms with van der Waals surface area (Å²) in [6.45, 7) is 6.70. The van der Waals surface area contributed by atoms with E-state index in [4.69, 9.17) is 14.5 Å². The number of hydrogen-bond donors (Lipinski definition) is 0. The van der Waals surface area contributed by atoms with Crippen LogP contribution in [0.15, 0.2) is 111 Å². The van der Waals surface area contributed by atoms with E-state index in [0.29, 0.717) is 33.1 Å². The van der Waals surface area contributed by atoms with E-state index in [9.17, 15) is 9.59 Å². The molecule has 1 aliphatic heterocycles. The van der Waals surface area contributed by atoms with Crippen LogP contribution in [0.1, 0.15) is 60.5 Å². The van der Waals surface area contributed by atoms with E-state index >= 15 is 0 Å². The van der Waals surface area contributed by atoms with Crippen LogP contribution in [-0.4, -0.2) is 17.1 Å². The summed E-state index contributed by atoms with van der Waals surface area (Å²) in [7, 11) is 0. The molecule has 0 bridgehead atoms. The molecule has 2 heterocycles. The Morgan fingerprint density at radius 1 is 1.00 bits per heavy atom. The predicted octanol–water partition coefficient (Wildman–Crippen LogP) is 8.61. The molecule has 4 aromatic carbocycles. The van der Waals surface area contributed by atoms with Crippen LogP contribution in [0.3, 0.4) is 0 Å². The van der Waals surface area contributed by atoms with Crippen molar-refractivity contribution in [3.05, 3.63) is 156 Å². The van der Waals surface area contributed by atoms with Crippen molar-refractivity contribution in [2.45, 2.75) is 39.3 Å². The van der Waals surface area contributed by atoms with Gasteiger partial charge in [-0.05, 0) is 111 Å². The van der Waals surface area contributed by atoms with Gasteiger partial charge < -0.3 is 9.47 Å². The van der Waals surface area contributed by atoms with E-state index in [0.717, 1.165) is 39.6 Å². The molecule has 1 atom stereocenters. The van der Waals surface area contributed by atoms with E-state index in [-0.39, 0.29) is 12.2 Å². The average molecular weight is 945 g/mol. The molecule has 0 saturated heterocycles. The molecule has 0 unspecified atom stereocenters. The first kappa shape index (κ1) is 34.8. The van der Waals surface area contributed by atoms with Crippen molar-refractivity contribution < 1.29 is 14.3 Å². The number of carbonyl (C=O) groups is 1. The molecule has 10 heteroatoms. The van der Waals surface area contributed by atoms with Gasteiger partial charge in [-0.25, -0.2) is 9.79 Å². The Hall–Kier alpha value is -3.07. The van der Waals surface area contributed by atoms with Crippen molar-refractivity contribution in [3.63, 3.8) is 0 Å². The van der Waals surface area contributed by atoms with Crippen LogP contribution in [0.4, 0.5) is 0 Å². The molecular weight excluding hydrogens is 914 g/mol. The third kappa shape index (κ3) is 7.41. The van der Waals surface area contributed by atoms with Gasteiger partial charge in [-0.3, -0.25) is 9.36 Å². The molecule has 6 nitrogen and oxygen atoms in total. The standard InChI is InChI=1S/C38H31BrI2N2O4S/c1-4-46-37(45)32-33(26-8-6-5-7-9-26)42-38-43(34(32)27-14-12-25(13-15-27)22(2)3)36(44)31(48-38)20-24-18-29(40)35(30(41)19-24)47-21-23-10-16-28(39)17-11-23/h5-20,22,34H,4,21H2,1-3H3/b31-20-/t34-/m1/s1. The molecule has 1 aliphatic rings. The minimum Gasteiger partial charge on any atom is -0.487 e. The first-order chi connectivity index (χ1) is 23.1. The summed E-state index contributed by atoms with van der Waals surface area (Å²) in [5.41, 5.74) is 5.35. The SMILES string of the molecule is CCOC(=O)C1=C(c2ccccc2)N=c2s/c(=C\c3cc(I)c(OCc4ccc(Br)cc4)c(I)c3)c(=O)n2[C@@H]1c1ccc(C(C)C)cc1. The number of hydrogen-bond acceptors (Lipinski definition) is 6. The molecule has 0 spiro atoms. The third-order valence-electron chi connectivity index (χ3n) is 7.91. The van der Waals surface area contributed by atoms with Crippen LogP contribution in [0, 0.1) is 7.14 Å². The Kier molecular flexibility index (Phi) is 11.0. The van der Waals surface area contributed by atoms with E-state index in [1.165, 1.54) is 16.9 Å². The fourth-order valence-corrected chi connectivity index (χ4v) is 8.90. The first-order valence-corrected chi connectivity index (χ1v) is 19.2. The molecule has 0 N–H and O–H groups in total. The lowest BCUT2D eigenvalue weighted by molar-refractivity contribution is -0.138. The van der Waals surface area contributed by atoms with Gasteiger partial charge in [0.1, 0.15) is 12.4 Å². The number of benzene rings is 4. The largest absolute Gasteiger partial charge is 0.487 e. The summed E-state index contributed by atoms with van der Waals surface area (Å²) < 4.78 is 16.9. The Balaban J connectivity index is 1.48. The van der Waals surface area contributed by atoms with E-state index in [2.05, 4.69) is 87.1 Å². The molecule has 0 amide bonds. The van der Waals surface area contributed by atoms with Gasteiger partial charge in [-0.15, -0.1) is 0 Å². The second-order valence-corrected chi connectivity index (χ2v) is 15.7. The van der Waals surface area contributed by atoms with Crippen molar-refractivity contribution in [1.29, 1.82) is 0 Å². The minimum absolute atomic E-state index is 0.202. The van der Waals surface area contributed by atoms with Crippen LogP contribution in [0.25, 0.3) is 11.8 Å². The van der Waals surface area contributed by atoms with Gasteiger partial charge in [0.2, 0.25) is 0 Å². The topological polar surface area (TPSA) is 69.9 Å². The van der Waals surface area contributed by atoms with Gasteiger partial charge in [0.05, 0.1) is 35.6 Å².